The van der Waals surface area contributed by atoms with E-state index in [0.29, 0.717) is 19.1 Å². The van der Waals surface area contributed by atoms with Gasteiger partial charge in [0.2, 0.25) is 0 Å². The van der Waals surface area contributed by atoms with E-state index in [1.54, 1.807) is 0 Å². The van der Waals surface area contributed by atoms with Gasteiger partial charge in [0, 0.05) is 19.7 Å². The number of carbonyl (C=O) groups excluding carboxylic acids is 1. The van der Waals surface area contributed by atoms with E-state index >= 15 is 0 Å². The lowest BCUT2D eigenvalue weighted by molar-refractivity contribution is 0.0862. The van der Waals surface area contributed by atoms with Crippen molar-refractivity contribution < 1.29 is 14.6 Å². The monoisotopic (exact) mass is 303 g/mol. The maximum Gasteiger partial charge on any atom is 0.410 e. The fraction of sp³-hybridized carbons (Fsp3) is 0.611. The van der Waals surface area contributed by atoms with Crippen molar-refractivity contribution in [3.63, 3.8) is 0 Å². The zero-order valence-corrected chi connectivity index (χ0v) is 13.0. The summed E-state index contributed by atoms with van der Waals surface area (Å²) in [7, 11) is 0. The van der Waals surface area contributed by atoms with Crippen molar-refractivity contribution in [3.05, 3.63) is 35.9 Å². The summed E-state index contributed by atoms with van der Waals surface area (Å²) >= 11 is 0. The molecule has 1 aromatic carbocycles. The third kappa shape index (κ3) is 3.43. The Kier molecular flexibility index (Phi) is 4.67. The van der Waals surface area contributed by atoms with Gasteiger partial charge < -0.3 is 14.7 Å². The average Bonchev–Trinajstić information content (AvgIpc) is 2.98. The van der Waals surface area contributed by atoms with Gasteiger partial charge in [-0.3, -0.25) is 0 Å². The SMILES string of the molecule is O=C(OCc1ccccc1)N1CCC2(CCC(CO)CC2)C1. The van der Waals surface area contributed by atoms with Crippen LogP contribution in [0.3, 0.4) is 0 Å². The molecule has 4 heteroatoms. The van der Waals surface area contributed by atoms with Gasteiger partial charge in [-0.25, -0.2) is 4.79 Å². The highest BCUT2D eigenvalue weighted by molar-refractivity contribution is 5.68. The van der Waals surface area contributed by atoms with Gasteiger partial charge in [-0.15, -0.1) is 0 Å². The molecule has 1 saturated heterocycles. The Morgan fingerprint density at radius 3 is 2.64 bits per heavy atom. The topological polar surface area (TPSA) is 49.8 Å². The molecule has 1 heterocycles. The molecule has 120 valence electrons. The van der Waals surface area contributed by atoms with Gasteiger partial charge in [0.1, 0.15) is 6.61 Å². The molecule has 1 aliphatic carbocycles. The zero-order valence-electron chi connectivity index (χ0n) is 13.0. The largest absolute Gasteiger partial charge is 0.445 e. The molecular weight excluding hydrogens is 278 g/mol. The van der Waals surface area contributed by atoms with Gasteiger partial charge in [0.15, 0.2) is 0 Å². The van der Waals surface area contributed by atoms with Crippen molar-refractivity contribution in [3.8, 4) is 0 Å². The van der Waals surface area contributed by atoms with Crippen LogP contribution in [0, 0.1) is 11.3 Å². The van der Waals surface area contributed by atoms with Crippen LogP contribution in [-0.2, 0) is 11.3 Å². The summed E-state index contributed by atoms with van der Waals surface area (Å²) in [6, 6.07) is 9.79. The lowest BCUT2D eigenvalue weighted by Gasteiger charge is -2.36. The van der Waals surface area contributed by atoms with Crippen LogP contribution >= 0.6 is 0 Å². The maximum atomic E-state index is 12.2. The Labute approximate surface area is 132 Å². The van der Waals surface area contributed by atoms with Crippen molar-refractivity contribution in [2.24, 2.45) is 11.3 Å². The van der Waals surface area contributed by atoms with E-state index in [1.807, 2.05) is 35.2 Å². The molecule has 1 amide bonds. The number of carbonyl (C=O) groups is 1. The van der Waals surface area contributed by atoms with Crippen molar-refractivity contribution >= 4 is 6.09 Å². The fourth-order valence-electron chi connectivity index (χ4n) is 3.78. The van der Waals surface area contributed by atoms with Crippen LogP contribution in [0.1, 0.15) is 37.7 Å². The third-order valence-electron chi connectivity index (χ3n) is 5.33. The van der Waals surface area contributed by atoms with Gasteiger partial charge in [0.25, 0.3) is 0 Å². The van der Waals surface area contributed by atoms with Gasteiger partial charge in [-0.2, -0.15) is 0 Å². The minimum atomic E-state index is -0.190. The number of hydrogen-bond acceptors (Lipinski definition) is 3. The average molecular weight is 303 g/mol. The van der Waals surface area contributed by atoms with E-state index in [4.69, 9.17) is 4.74 Å². The highest BCUT2D eigenvalue weighted by Gasteiger charge is 2.42. The number of hydrogen-bond donors (Lipinski definition) is 1. The Hall–Kier alpha value is -1.55. The summed E-state index contributed by atoms with van der Waals surface area (Å²) in [6.07, 6.45) is 5.31. The molecule has 0 bridgehead atoms. The molecule has 0 radical (unpaired) electrons. The minimum Gasteiger partial charge on any atom is -0.445 e. The molecule has 4 nitrogen and oxygen atoms in total. The Balaban J connectivity index is 1.49. The Bertz CT molecular complexity index is 494. The van der Waals surface area contributed by atoms with Crippen molar-refractivity contribution in [1.29, 1.82) is 0 Å². The number of likely N-dealkylation sites (tertiary alicyclic amines) is 1. The van der Waals surface area contributed by atoms with Crippen LogP contribution in [0.4, 0.5) is 4.79 Å². The summed E-state index contributed by atoms with van der Waals surface area (Å²) in [4.78, 5) is 14.1. The third-order valence-corrected chi connectivity index (χ3v) is 5.33. The number of aliphatic hydroxyl groups is 1. The molecule has 1 spiro atoms. The van der Waals surface area contributed by atoms with E-state index in [-0.39, 0.29) is 11.5 Å². The number of ether oxygens (including phenoxy) is 1. The van der Waals surface area contributed by atoms with Crippen molar-refractivity contribution in [2.75, 3.05) is 19.7 Å². The van der Waals surface area contributed by atoms with Gasteiger partial charge in [0.05, 0.1) is 0 Å². The summed E-state index contributed by atoms with van der Waals surface area (Å²) < 4.78 is 5.44. The quantitative estimate of drug-likeness (QED) is 0.933. The highest BCUT2D eigenvalue weighted by atomic mass is 16.6. The predicted molar refractivity (Wildman–Crippen MR) is 84.3 cm³/mol. The smallest absolute Gasteiger partial charge is 0.410 e. The second-order valence-corrected chi connectivity index (χ2v) is 6.84. The molecule has 1 aliphatic heterocycles. The molecule has 1 N–H and O–H groups in total. The molecule has 0 aromatic heterocycles. The standard InChI is InChI=1S/C18H25NO3/c20-12-15-6-8-18(9-7-15)10-11-19(14-18)17(21)22-13-16-4-2-1-3-5-16/h1-5,15,20H,6-14H2. The van der Waals surface area contributed by atoms with Gasteiger partial charge >= 0.3 is 6.09 Å². The second kappa shape index (κ2) is 6.69. The minimum absolute atomic E-state index is 0.190. The molecule has 1 saturated carbocycles. The highest BCUT2D eigenvalue weighted by Crippen LogP contribution is 2.45. The lowest BCUT2D eigenvalue weighted by Crippen LogP contribution is -2.35. The summed E-state index contributed by atoms with van der Waals surface area (Å²) in [5.41, 5.74) is 1.30. The van der Waals surface area contributed by atoms with Crippen LogP contribution in [-0.4, -0.2) is 35.8 Å². The number of benzene rings is 1. The van der Waals surface area contributed by atoms with Crippen LogP contribution < -0.4 is 0 Å². The first-order valence-electron chi connectivity index (χ1n) is 8.27. The van der Waals surface area contributed by atoms with Crippen molar-refractivity contribution in [2.45, 2.75) is 38.7 Å². The van der Waals surface area contributed by atoms with Crippen LogP contribution in [0.5, 0.6) is 0 Å². The predicted octanol–water partition coefficient (Wildman–Crippen LogP) is 3.20. The lowest BCUT2D eigenvalue weighted by atomic mass is 9.70. The van der Waals surface area contributed by atoms with E-state index in [1.165, 1.54) is 0 Å². The maximum absolute atomic E-state index is 12.2. The summed E-state index contributed by atoms with van der Waals surface area (Å²) in [6.45, 7) is 2.27. The number of aliphatic hydroxyl groups excluding tert-OH is 1. The zero-order chi connectivity index (χ0) is 15.4. The first-order chi connectivity index (χ1) is 10.7. The molecule has 0 atom stereocenters. The molecule has 2 aliphatic rings. The Morgan fingerprint density at radius 2 is 1.95 bits per heavy atom. The fourth-order valence-corrected chi connectivity index (χ4v) is 3.78. The van der Waals surface area contributed by atoms with Gasteiger partial charge in [-0.05, 0) is 49.0 Å². The van der Waals surface area contributed by atoms with Crippen LogP contribution in [0.15, 0.2) is 30.3 Å². The van der Waals surface area contributed by atoms with E-state index < -0.39 is 0 Å². The van der Waals surface area contributed by atoms with Gasteiger partial charge in [-0.1, -0.05) is 30.3 Å². The van der Waals surface area contributed by atoms with Crippen LogP contribution in [0.25, 0.3) is 0 Å². The number of rotatable bonds is 3. The first-order valence-corrected chi connectivity index (χ1v) is 8.27. The van der Waals surface area contributed by atoms with E-state index in [0.717, 1.165) is 50.8 Å². The molecule has 0 unspecified atom stereocenters. The summed E-state index contributed by atoms with van der Waals surface area (Å²) in [5.74, 6) is 0.463. The van der Waals surface area contributed by atoms with E-state index in [9.17, 15) is 9.90 Å². The second-order valence-electron chi connectivity index (χ2n) is 6.84. The molecule has 22 heavy (non-hydrogen) atoms. The molecule has 3 rings (SSSR count). The first kappa shape index (κ1) is 15.3. The van der Waals surface area contributed by atoms with Crippen LogP contribution in [0.2, 0.25) is 0 Å². The molecular formula is C18H25NO3. The van der Waals surface area contributed by atoms with E-state index in [2.05, 4.69) is 0 Å². The normalized spacial score (nSPS) is 28.0. The summed E-state index contributed by atoms with van der Waals surface area (Å²) in [5, 5.41) is 9.26. The van der Waals surface area contributed by atoms with Crippen molar-refractivity contribution in [1.82, 2.24) is 4.90 Å². The number of nitrogens with zero attached hydrogens (tertiary/aromatic N) is 1. The number of amides is 1. The molecule has 2 fully saturated rings. The Morgan fingerprint density at radius 1 is 1.23 bits per heavy atom. The molecule has 1 aromatic rings.